The van der Waals surface area contributed by atoms with E-state index in [1.54, 1.807) is 11.9 Å². The van der Waals surface area contributed by atoms with Gasteiger partial charge in [0.1, 0.15) is 5.92 Å². The van der Waals surface area contributed by atoms with Gasteiger partial charge in [-0.15, -0.1) is 0 Å². The van der Waals surface area contributed by atoms with Gasteiger partial charge in [0.15, 0.2) is 0 Å². The number of halogens is 3. The van der Waals surface area contributed by atoms with Gasteiger partial charge in [0, 0.05) is 6.54 Å². The highest BCUT2D eigenvalue weighted by Gasteiger charge is 2.41. The quantitative estimate of drug-likeness (QED) is 0.724. The van der Waals surface area contributed by atoms with Crippen molar-refractivity contribution in [3.05, 3.63) is 0 Å². The largest absolute Gasteiger partial charge is 0.399 e. The first-order valence-electron chi connectivity index (χ1n) is 4.83. The number of alkyl halides is 3. The van der Waals surface area contributed by atoms with E-state index in [9.17, 15) is 13.2 Å². The van der Waals surface area contributed by atoms with Crippen LogP contribution in [0.1, 0.15) is 19.8 Å². The molecule has 1 atom stereocenters. The van der Waals surface area contributed by atoms with E-state index >= 15 is 0 Å². The van der Waals surface area contributed by atoms with Crippen molar-refractivity contribution in [1.82, 2.24) is 4.90 Å². The van der Waals surface area contributed by atoms with Gasteiger partial charge in [-0.05, 0) is 20.0 Å². The molecule has 0 rings (SSSR count). The SMILES string of the molecule is CCCCN(C)CC(C(N)=S)C(F)(F)F. The van der Waals surface area contributed by atoms with Crippen LogP contribution in [-0.4, -0.2) is 36.2 Å². The molecule has 0 aliphatic rings. The van der Waals surface area contributed by atoms with Gasteiger partial charge in [-0.25, -0.2) is 0 Å². The second kappa shape index (κ2) is 6.27. The fourth-order valence-corrected chi connectivity index (χ4v) is 1.39. The number of rotatable bonds is 6. The maximum Gasteiger partial charge on any atom is 0.399 e. The third kappa shape index (κ3) is 5.94. The van der Waals surface area contributed by atoms with E-state index in [0.717, 1.165) is 12.8 Å². The van der Waals surface area contributed by atoms with Gasteiger partial charge in [0.2, 0.25) is 0 Å². The molecule has 0 aliphatic carbocycles. The second-order valence-electron chi connectivity index (χ2n) is 3.61. The molecular formula is C9H17F3N2S. The monoisotopic (exact) mass is 242 g/mol. The summed E-state index contributed by atoms with van der Waals surface area (Å²) in [5, 5.41) is 0. The van der Waals surface area contributed by atoms with Crippen LogP contribution in [0.3, 0.4) is 0 Å². The summed E-state index contributed by atoms with van der Waals surface area (Å²) in [6.07, 6.45) is -2.52. The van der Waals surface area contributed by atoms with Crippen LogP contribution in [-0.2, 0) is 0 Å². The van der Waals surface area contributed by atoms with Crippen molar-refractivity contribution in [1.29, 1.82) is 0 Å². The average Bonchev–Trinajstić information content (AvgIpc) is 2.08. The molecule has 0 spiro atoms. The molecule has 0 aromatic heterocycles. The van der Waals surface area contributed by atoms with E-state index in [-0.39, 0.29) is 6.54 Å². The van der Waals surface area contributed by atoms with Gasteiger partial charge >= 0.3 is 6.18 Å². The number of unbranched alkanes of at least 4 members (excludes halogenated alkanes) is 1. The van der Waals surface area contributed by atoms with E-state index in [1.165, 1.54) is 0 Å². The van der Waals surface area contributed by atoms with Crippen molar-refractivity contribution in [3.8, 4) is 0 Å². The molecular weight excluding hydrogens is 225 g/mol. The van der Waals surface area contributed by atoms with Gasteiger partial charge in [-0.1, -0.05) is 25.6 Å². The lowest BCUT2D eigenvalue weighted by Crippen LogP contribution is -2.42. The zero-order valence-electron chi connectivity index (χ0n) is 8.97. The first kappa shape index (κ1) is 14.6. The highest BCUT2D eigenvalue weighted by atomic mass is 32.1. The molecule has 0 radical (unpaired) electrons. The van der Waals surface area contributed by atoms with Crippen molar-refractivity contribution in [2.45, 2.75) is 25.9 Å². The summed E-state index contributed by atoms with van der Waals surface area (Å²) in [6.45, 7) is 2.47. The Morgan fingerprint density at radius 3 is 2.33 bits per heavy atom. The van der Waals surface area contributed by atoms with E-state index in [2.05, 4.69) is 12.2 Å². The number of nitrogens with zero attached hydrogens (tertiary/aromatic N) is 1. The first-order chi connectivity index (χ1) is 6.79. The predicted molar refractivity (Wildman–Crippen MR) is 58.7 cm³/mol. The van der Waals surface area contributed by atoms with Crippen LogP contribution in [0.25, 0.3) is 0 Å². The molecule has 0 amide bonds. The Kier molecular flexibility index (Phi) is 6.12. The lowest BCUT2D eigenvalue weighted by Gasteiger charge is -2.24. The predicted octanol–water partition coefficient (Wildman–Crippen LogP) is 2.18. The fraction of sp³-hybridized carbons (Fsp3) is 0.889. The molecule has 0 saturated heterocycles. The third-order valence-electron chi connectivity index (χ3n) is 2.13. The number of nitrogens with two attached hydrogens (primary N) is 1. The van der Waals surface area contributed by atoms with Crippen LogP contribution in [0.15, 0.2) is 0 Å². The average molecular weight is 242 g/mol. The summed E-state index contributed by atoms with van der Waals surface area (Å²) in [5.41, 5.74) is 5.08. The van der Waals surface area contributed by atoms with E-state index in [4.69, 9.17) is 5.73 Å². The lowest BCUT2D eigenvalue weighted by molar-refractivity contribution is -0.158. The fourth-order valence-electron chi connectivity index (χ4n) is 1.19. The molecule has 0 aromatic rings. The van der Waals surface area contributed by atoms with Crippen molar-refractivity contribution in [2.24, 2.45) is 11.7 Å². The summed E-state index contributed by atoms with van der Waals surface area (Å²) in [7, 11) is 1.65. The summed E-state index contributed by atoms with van der Waals surface area (Å²) >= 11 is 4.43. The van der Waals surface area contributed by atoms with Crippen LogP contribution in [0, 0.1) is 5.92 Å². The molecule has 0 saturated carbocycles. The van der Waals surface area contributed by atoms with Crippen molar-refractivity contribution >= 4 is 17.2 Å². The minimum atomic E-state index is -4.34. The van der Waals surface area contributed by atoms with Crippen molar-refractivity contribution in [3.63, 3.8) is 0 Å². The lowest BCUT2D eigenvalue weighted by atomic mass is 10.1. The minimum Gasteiger partial charge on any atom is -0.393 e. The van der Waals surface area contributed by atoms with Gasteiger partial charge in [0.25, 0.3) is 0 Å². The Balaban J connectivity index is 4.24. The molecule has 1 unspecified atom stereocenters. The van der Waals surface area contributed by atoms with Gasteiger partial charge in [-0.3, -0.25) is 0 Å². The summed E-state index contributed by atoms with van der Waals surface area (Å²) in [4.78, 5) is 1.13. The van der Waals surface area contributed by atoms with Crippen molar-refractivity contribution < 1.29 is 13.2 Å². The Labute approximate surface area is 93.6 Å². The van der Waals surface area contributed by atoms with E-state index in [0.29, 0.717) is 6.54 Å². The number of hydrogen-bond acceptors (Lipinski definition) is 2. The smallest absolute Gasteiger partial charge is 0.393 e. The first-order valence-corrected chi connectivity index (χ1v) is 5.24. The summed E-state index contributed by atoms with van der Waals surface area (Å²) in [6, 6.07) is 0. The molecule has 90 valence electrons. The van der Waals surface area contributed by atoms with Crippen LogP contribution in [0.5, 0.6) is 0 Å². The highest BCUT2D eigenvalue weighted by Crippen LogP contribution is 2.27. The molecule has 6 heteroatoms. The molecule has 0 aliphatic heterocycles. The number of hydrogen-bond donors (Lipinski definition) is 1. The van der Waals surface area contributed by atoms with Gasteiger partial charge < -0.3 is 10.6 Å². The Hall–Kier alpha value is -0.360. The van der Waals surface area contributed by atoms with E-state index in [1.807, 2.05) is 6.92 Å². The van der Waals surface area contributed by atoms with Crippen LogP contribution in [0.4, 0.5) is 13.2 Å². The minimum absolute atomic E-state index is 0.154. The Bertz CT molecular complexity index is 206. The summed E-state index contributed by atoms with van der Waals surface area (Å²) < 4.78 is 37.4. The molecule has 2 N–H and O–H groups in total. The highest BCUT2D eigenvalue weighted by molar-refractivity contribution is 7.80. The molecule has 15 heavy (non-hydrogen) atoms. The van der Waals surface area contributed by atoms with Crippen LogP contribution < -0.4 is 5.73 Å². The maximum atomic E-state index is 12.5. The zero-order valence-corrected chi connectivity index (χ0v) is 9.79. The molecule has 0 heterocycles. The van der Waals surface area contributed by atoms with Gasteiger partial charge in [-0.2, -0.15) is 13.2 Å². The van der Waals surface area contributed by atoms with Crippen LogP contribution in [0.2, 0.25) is 0 Å². The number of thiocarbonyl (C=S) groups is 1. The normalized spacial score (nSPS) is 14.3. The topological polar surface area (TPSA) is 29.3 Å². The Morgan fingerprint density at radius 1 is 1.47 bits per heavy atom. The van der Waals surface area contributed by atoms with Crippen LogP contribution >= 0.6 is 12.2 Å². The zero-order chi connectivity index (χ0) is 12.1. The maximum absolute atomic E-state index is 12.5. The molecule has 2 nitrogen and oxygen atoms in total. The van der Waals surface area contributed by atoms with E-state index < -0.39 is 17.1 Å². The standard InChI is InChI=1S/C9H17F3N2S/c1-3-4-5-14(2)6-7(8(13)15)9(10,11)12/h7H,3-6H2,1-2H3,(H2,13,15). The third-order valence-corrected chi connectivity index (χ3v) is 2.41. The van der Waals surface area contributed by atoms with Crippen molar-refractivity contribution in [2.75, 3.05) is 20.1 Å². The Morgan fingerprint density at radius 2 is 2.00 bits per heavy atom. The second-order valence-corrected chi connectivity index (χ2v) is 4.08. The molecule has 0 bridgehead atoms. The molecule has 0 fully saturated rings. The van der Waals surface area contributed by atoms with Gasteiger partial charge in [0.05, 0.1) is 4.99 Å². The molecule has 0 aromatic carbocycles. The summed E-state index contributed by atoms with van der Waals surface area (Å²) in [5.74, 6) is -1.70.